The van der Waals surface area contributed by atoms with E-state index in [1.54, 1.807) is 0 Å². The van der Waals surface area contributed by atoms with Crippen LogP contribution in [0.15, 0.2) is 176 Å². The molecule has 3 aliphatic heterocycles. The fourth-order valence-electron chi connectivity index (χ4n) is 9.71. The van der Waals surface area contributed by atoms with Gasteiger partial charge in [-0.1, -0.05) is 115 Å². The Morgan fingerprint density at radius 3 is 1.93 bits per heavy atom. The van der Waals surface area contributed by atoms with Gasteiger partial charge in [-0.2, -0.15) is 0 Å². The van der Waals surface area contributed by atoms with Crippen LogP contribution in [0.25, 0.3) is 55.0 Å². The Balaban J connectivity index is 1.23. The highest BCUT2D eigenvalue weighted by Gasteiger charge is 2.49. The highest BCUT2D eigenvalue weighted by molar-refractivity contribution is 8.00. The van der Waals surface area contributed by atoms with E-state index >= 15 is 0 Å². The number of rotatable bonds is 3. The second-order valence-electron chi connectivity index (χ2n) is 14.9. The summed E-state index contributed by atoms with van der Waals surface area (Å²) in [6, 6.07) is 56.8. The highest BCUT2D eigenvalue weighted by Crippen LogP contribution is 2.54. The summed E-state index contributed by atoms with van der Waals surface area (Å²) in [5.41, 5.74) is 18.1. The van der Waals surface area contributed by atoms with Crippen molar-refractivity contribution in [1.82, 2.24) is 0 Å². The van der Waals surface area contributed by atoms with Crippen LogP contribution in [0.1, 0.15) is 5.56 Å². The topological polar surface area (TPSA) is 32.8 Å². The van der Waals surface area contributed by atoms with Gasteiger partial charge in [0.15, 0.2) is 0 Å². The lowest BCUT2D eigenvalue weighted by molar-refractivity contribution is 0.668. The predicted octanol–water partition coefficient (Wildman–Crippen LogP) is 12.0. The average Bonchev–Trinajstić information content (AvgIpc) is 3.80. The molecule has 3 aliphatic rings. The van der Waals surface area contributed by atoms with Gasteiger partial charge in [0.1, 0.15) is 22.3 Å². The summed E-state index contributed by atoms with van der Waals surface area (Å²) in [5, 5.41) is 4.60. The lowest BCUT2D eigenvalue weighted by atomic mass is 9.33. The molecule has 0 spiro atoms. The maximum Gasteiger partial charge on any atom is 0.255 e. The molecule has 0 atom stereocenters. The molecule has 0 N–H and O–H groups in total. The minimum absolute atomic E-state index is 0.00788. The first-order chi connectivity index (χ1) is 27.2. The predicted molar refractivity (Wildman–Crippen MR) is 229 cm³/mol. The quantitative estimate of drug-likeness (QED) is 0.170. The van der Waals surface area contributed by atoms with Crippen LogP contribution in [-0.2, 0) is 0 Å². The molecule has 0 fully saturated rings. The van der Waals surface area contributed by atoms with E-state index in [9.17, 15) is 0 Å². The van der Waals surface area contributed by atoms with Gasteiger partial charge in [-0.25, -0.2) is 0 Å². The van der Waals surface area contributed by atoms with Gasteiger partial charge in [0.2, 0.25) is 0 Å². The van der Waals surface area contributed by atoms with Crippen molar-refractivity contribution >= 4 is 113 Å². The molecule has 6 heteroatoms. The van der Waals surface area contributed by atoms with Crippen LogP contribution in [0.3, 0.4) is 0 Å². The summed E-state index contributed by atoms with van der Waals surface area (Å²) < 4.78 is 13.8. The Bertz CT molecular complexity index is 3260. The van der Waals surface area contributed by atoms with E-state index in [1.807, 2.05) is 11.8 Å². The Labute approximate surface area is 321 Å². The summed E-state index contributed by atoms with van der Waals surface area (Å²) >= 11 is 1.87. The SMILES string of the molecule is Cc1cc2c3c(c1)N(c1ccccc1)c1c4c(cc5oc6ccccc6c15)Sc1c(c(cc5oc6c(-c7ccccc7)cccc6c15)N2c1ccccc1)B34. The molecule has 13 rings (SSSR count). The molecule has 55 heavy (non-hydrogen) atoms. The van der Waals surface area contributed by atoms with Gasteiger partial charge in [-0.15, -0.1) is 0 Å². The Morgan fingerprint density at radius 2 is 1.15 bits per heavy atom. The fourth-order valence-corrected chi connectivity index (χ4v) is 11.1. The number of nitrogens with zero attached hydrogens (tertiary/aromatic N) is 2. The monoisotopic (exact) mass is 720 g/mol. The molecule has 0 amide bonds. The van der Waals surface area contributed by atoms with Crippen LogP contribution < -0.4 is 26.2 Å². The van der Waals surface area contributed by atoms with E-state index in [-0.39, 0.29) is 6.71 Å². The van der Waals surface area contributed by atoms with E-state index < -0.39 is 0 Å². The van der Waals surface area contributed by atoms with Crippen LogP contribution in [0.4, 0.5) is 34.1 Å². The van der Waals surface area contributed by atoms with Gasteiger partial charge in [-0.3, -0.25) is 0 Å². The summed E-state index contributed by atoms with van der Waals surface area (Å²) in [6.07, 6.45) is 0. The lowest BCUT2D eigenvalue weighted by Crippen LogP contribution is -2.63. The van der Waals surface area contributed by atoms with Crippen molar-refractivity contribution in [3.63, 3.8) is 0 Å². The van der Waals surface area contributed by atoms with Crippen molar-refractivity contribution in [1.29, 1.82) is 0 Å². The molecule has 0 saturated carbocycles. The molecule has 10 aromatic rings. The molecule has 0 saturated heterocycles. The normalized spacial score (nSPS) is 13.7. The van der Waals surface area contributed by atoms with Gasteiger partial charge in [-0.05, 0) is 83.0 Å². The van der Waals surface area contributed by atoms with Crippen LogP contribution in [0.2, 0.25) is 0 Å². The molecule has 0 unspecified atom stereocenters. The van der Waals surface area contributed by atoms with Crippen LogP contribution in [0, 0.1) is 6.92 Å². The van der Waals surface area contributed by atoms with Crippen molar-refractivity contribution in [2.75, 3.05) is 9.80 Å². The second-order valence-corrected chi connectivity index (χ2v) is 15.9. The maximum atomic E-state index is 7.04. The number of fused-ring (bicyclic) bond motifs is 8. The highest BCUT2D eigenvalue weighted by atomic mass is 32.2. The molecule has 5 heterocycles. The molecule has 0 aliphatic carbocycles. The van der Waals surface area contributed by atoms with Crippen molar-refractivity contribution in [3.05, 3.63) is 163 Å². The van der Waals surface area contributed by atoms with Gasteiger partial charge in [0.05, 0.1) is 11.1 Å². The third-order valence-corrected chi connectivity index (χ3v) is 13.0. The minimum atomic E-state index is -0.00788. The van der Waals surface area contributed by atoms with Crippen LogP contribution >= 0.6 is 11.8 Å². The van der Waals surface area contributed by atoms with Crippen LogP contribution in [-0.4, -0.2) is 6.71 Å². The van der Waals surface area contributed by atoms with E-state index in [0.29, 0.717) is 0 Å². The van der Waals surface area contributed by atoms with Crippen molar-refractivity contribution in [3.8, 4) is 11.1 Å². The van der Waals surface area contributed by atoms with Crippen molar-refractivity contribution in [2.45, 2.75) is 16.7 Å². The number of hydrogen-bond donors (Lipinski definition) is 0. The lowest BCUT2D eigenvalue weighted by Gasteiger charge is -2.47. The number of aryl methyl sites for hydroxylation is 1. The summed E-state index contributed by atoms with van der Waals surface area (Å²) in [5.74, 6) is 0. The average molecular weight is 721 g/mol. The molecular formula is C49H29BN2O2S. The fraction of sp³-hybridized carbons (Fsp3) is 0.0204. The number of furan rings is 2. The molecular weight excluding hydrogens is 691 g/mol. The molecule has 2 aromatic heterocycles. The summed E-state index contributed by atoms with van der Waals surface area (Å²) in [7, 11) is 0. The Morgan fingerprint density at radius 1 is 0.509 bits per heavy atom. The number of benzene rings is 8. The first-order valence-corrected chi connectivity index (χ1v) is 19.6. The Hall–Kier alpha value is -6.63. The van der Waals surface area contributed by atoms with Crippen molar-refractivity contribution < 1.29 is 8.83 Å². The van der Waals surface area contributed by atoms with Gasteiger partial charge >= 0.3 is 0 Å². The zero-order valence-electron chi connectivity index (χ0n) is 29.7. The van der Waals surface area contributed by atoms with Gasteiger partial charge in [0, 0.05) is 66.0 Å². The largest absolute Gasteiger partial charge is 0.456 e. The summed E-state index contributed by atoms with van der Waals surface area (Å²) in [6.45, 7) is 2.22. The zero-order chi connectivity index (χ0) is 35.9. The first kappa shape index (κ1) is 29.8. The van der Waals surface area contributed by atoms with E-state index in [0.717, 1.165) is 66.7 Å². The molecule has 8 aromatic carbocycles. The third kappa shape index (κ3) is 3.89. The molecule has 4 nitrogen and oxygen atoms in total. The molecule has 256 valence electrons. The van der Waals surface area contributed by atoms with E-state index in [2.05, 4.69) is 174 Å². The number of para-hydroxylation sites is 4. The maximum absolute atomic E-state index is 7.04. The standard InChI is InChI=1S/C49H29BN2O2S/c1-28-24-35-44-36(25-28)52(31-18-9-4-10-19-31)47-42-33-20-11-12-23-38(33)53-40(42)27-41-46(47)50(44)45-37(51(35)30-16-7-3-8-17-30)26-39-43(49(45)55-41)34-22-13-21-32(48(34)54-39)29-14-5-2-6-15-29/h2-27H,1H3. The van der Waals surface area contributed by atoms with Gasteiger partial charge in [0.25, 0.3) is 6.71 Å². The number of hydrogen-bond acceptors (Lipinski definition) is 5. The second kappa shape index (κ2) is 10.7. The van der Waals surface area contributed by atoms with Gasteiger partial charge < -0.3 is 18.6 Å². The third-order valence-electron chi connectivity index (χ3n) is 11.8. The zero-order valence-corrected chi connectivity index (χ0v) is 30.5. The molecule has 0 radical (unpaired) electrons. The number of anilines is 6. The first-order valence-electron chi connectivity index (χ1n) is 18.8. The summed E-state index contributed by atoms with van der Waals surface area (Å²) in [4.78, 5) is 7.47. The molecule has 0 bridgehead atoms. The van der Waals surface area contributed by atoms with E-state index in [1.165, 1.54) is 54.2 Å². The van der Waals surface area contributed by atoms with E-state index in [4.69, 9.17) is 8.83 Å². The van der Waals surface area contributed by atoms with Crippen LogP contribution in [0.5, 0.6) is 0 Å². The Kier molecular flexibility index (Phi) is 5.82. The minimum Gasteiger partial charge on any atom is -0.456 e. The van der Waals surface area contributed by atoms with Crippen molar-refractivity contribution in [2.24, 2.45) is 0 Å². The smallest absolute Gasteiger partial charge is 0.255 e.